The van der Waals surface area contributed by atoms with Gasteiger partial charge in [-0.15, -0.1) is 0 Å². The summed E-state index contributed by atoms with van der Waals surface area (Å²) in [5, 5.41) is 5.10. The molecule has 0 radical (unpaired) electrons. The van der Waals surface area contributed by atoms with Crippen molar-refractivity contribution < 1.29 is 4.52 Å². The van der Waals surface area contributed by atoms with Crippen LogP contribution in [0.2, 0.25) is 10.0 Å². The van der Waals surface area contributed by atoms with Gasteiger partial charge in [-0.05, 0) is 19.1 Å². The Kier molecular flexibility index (Phi) is 3.47. The lowest BCUT2D eigenvalue weighted by Gasteiger charge is -2.04. The van der Waals surface area contributed by atoms with Crippen LogP contribution in [-0.2, 0) is 5.75 Å². The lowest BCUT2D eigenvalue weighted by atomic mass is 10.1. The lowest BCUT2D eigenvalue weighted by Crippen LogP contribution is -1.87. The third kappa shape index (κ3) is 1.95. The maximum Gasteiger partial charge on any atom is 0.138 e. The molecule has 0 N–H and O–H groups in total. The van der Waals surface area contributed by atoms with Crippen LogP contribution in [0.5, 0.6) is 0 Å². The highest BCUT2D eigenvalue weighted by atomic mass is 35.5. The van der Waals surface area contributed by atoms with Crippen molar-refractivity contribution >= 4 is 35.8 Å². The Balaban J connectivity index is 2.67. The van der Waals surface area contributed by atoms with Gasteiger partial charge in [-0.25, -0.2) is 0 Å². The van der Waals surface area contributed by atoms with E-state index < -0.39 is 0 Å². The Hall–Kier alpha value is -0.640. The van der Waals surface area contributed by atoms with E-state index in [0.29, 0.717) is 27.1 Å². The van der Waals surface area contributed by atoms with Gasteiger partial charge in [-0.3, -0.25) is 0 Å². The van der Waals surface area contributed by atoms with Gasteiger partial charge in [0.25, 0.3) is 0 Å². The standard InChI is InChI=1S/C11H9Cl2NOS/c1-6-7(5-16)11(14-15-6)10-8(12)3-2-4-9(10)13/h2-4,16H,5H2,1H3. The molecular formula is C11H9Cl2NOS. The normalized spacial score (nSPS) is 10.8. The lowest BCUT2D eigenvalue weighted by molar-refractivity contribution is 0.398. The summed E-state index contributed by atoms with van der Waals surface area (Å²) >= 11 is 16.5. The zero-order valence-electron chi connectivity index (χ0n) is 8.50. The number of aromatic nitrogens is 1. The van der Waals surface area contributed by atoms with Crippen molar-refractivity contribution in [3.8, 4) is 11.3 Å². The van der Waals surface area contributed by atoms with E-state index in [1.54, 1.807) is 18.2 Å². The topological polar surface area (TPSA) is 26.0 Å². The highest BCUT2D eigenvalue weighted by Gasteiger charge is 2.18. The minimum absolute atomic E-state index is 0.534. The number of hydrogen-bond donors (Lipinski definition) is 1. The van der Waals surface area contributed by atoms with Crippen LogP contribution in [0.3, 0.4) is 0 Å². The molecule has 16 heavy (non-hydrogen) atoms. The van der Waals surface area contributed by atoms with Gasteiger partial charge in [0.05, 0.1) is 10.0 Å². The minimum atomic E-state index is 0.534. The van der Waals surface area contributed by atoms with Gasteiger partial charge in [0.15, 0.2) is 0 Å². The highest BCUT2D eigenvalue weighted by Crippen LogP contribution is 2.36. The molecular weight excluding hydrogens is 265 g/mol. The van der Waals surface area contributed by atoms with E-state index in [-0.39, 0.29) is 0 Å². The first kappa shape index (κ1) is 11.8. The van der Waals surface area contributed by atoms with Crippen LogP contribution in [0, 0.1) is 6.92 Å². The monoisotopic (exact) mass is 273 g/mol. The SMILES string of the molecule is Cc1onc(-c2c(Cl)cccc2Cl)c1CS. The number of aryl methyl sites for hydroxylation is 1. The van der Waals surface area contributed by atoms with E-state index in [1.165, 1.54) is 0 Å². The third-order valence-corrected chi connectivity index (χ3v) is 3.29. The summed E-state index contributed by atoms with van der Waals surface area (Å²) in [7, 11) is 0. The Bertz CT molecular complexity index is 504. The largest absolute Gasteiger partial charge is 0.361 e. The van der Waals surface area contributed by atoms with Crippen molar-refractivity contribution in [2.75, 3.05) is 0 Å². The molecule has 0 saturated carbocycles. The summed E-state index contributed by atoms with van der Waals surface area (Å²) in [5.74, 6) is 1.27. The summed E-state index contributed by atoms with van der Waals surface area (Å²) in [4.78, 5) is 0. The van der Waals surface area contributed by atoms with Crippen LogP contribution < -0.4 is 0 Å². The average molecular weight is 274 g/mol. The van der Waals surface area contributed by atoms with Gasteiger partial charge in [-0.2, -0.15) is 12.6 Å². The molecule has 0 atom stereocenters. The maximum atomic E-state index is 6.11. The summed E-state index contributed by atoms with van der Waals surface area (Å²) in [5.41, 5.74) is 2.29. The first-order valence-electron chi connectivity index (χ1n) is 4.65. The van der Waals surface area contributed by atoms with Crippen LogP contribution in [0.4, 0.5) is 0 Å². The Labute approximate surface area is 109 Å². The Morgan fingerprint density at radius 3 is 2.50 bits per heavy atom. The average Bonchev–Trinajstić information content (AvgIpc) is 2.59. The Morgan fingerprint density at radius 2 is 1.94 bits per heavy atom. The first-order valence-corrected chi connectivity index (χ1v) is 6.04. The van der Waals surface area contributed by atoms with Gasteiger partial charge in [-0.1, -0.05) is 34.4 Å². The molecule has 1 aromatic heterocycles. The van der Waals surface area contributed by atoms with Crippen molar-refractivity contribution in [1.82, 2.24) is 5.16 Å². The molecule has 0 aliphatic heterocycles. The van der Waals surface area contributed by atoms with Gasteiger partial charge in [0.1, 0.15) is 11.5 Å². The predicted molar refractivity (Wildman–Crippen MR) is 69.4 cm³/mol. The summed E-state index contributed by atoms with van der Waals surface area (Å²) < 4.78 is 5.13. The number of rotatable bonds is 2. The number of thiol groups is 1. The molecule has 1 heterocycles. The highest BCUT2D eigenvalue weighted by molar-refractivity contribution is 7.79. The fourth-order valence-electron chi connectivity index (χ4n) is 1.50. The van der Waals surface area contributed by atoms with Gasteiger partial charge in [0, 0.05) is 16.9 Å². The molecule has 0 saturated heterocycles. The van der Waals surface area contributed by atoms with Crippen molar-refractivity contribution in [3.05, 3.63) is 39.6 Å². The molecule has 0 fully saturated rings. The van der Waals surface area contributed by atoms with Gasteiger partial charge >= 0.3 is 0 Å². The zero-order chi connectivity index (χ0) is 11.7. The fraction of sp³-hybridized carbons (Fsp3) is 0.182. The number of hydrogen-bond acceptors (Lipinski definition) is 3. The van der Waals surface area contributed by atoms with Crippen molar-refractivity contribution in [2.45, 2.75) is 12.7 Å². The van der Waals surface area contributed by atoms with E-state index in [4.69, 9.17) is 27.7 Å². The van der Waals surface area contributed by atoms with Crippen LogP contribution in [0.25, 0.3) is 11.3 Å². The molecule has 5 heteroatoms. The third-order valence-electron chi connectivity index (χ3n) is 2.34. The fourth-order valence-corrected chi connectivity index (χ4v) is 2.45. The number of nitrogens with zero attached hydrogens (tertiary/aromatic N) is 1. The van der Waals surface area contributed by atoms with E-state index in [0.717, 1.165) is 11.3 Å². The second kappa shape index (κ2) is 4.70. The van der Waals surface area contributed by atoms with Crippen molar-refractivity contribution in [2.24, 2.45) is 0 Å². The number of halogens is 2. The van der Waals surface area contributed by atoms with Gasteiger partial charge in [0.2, 0.25) is 0 Å². The molecule has 84 valence electrons. The van der Waals surface area contributed by atoms with Crippen LogP contribution in [-0.4, -0.2) is 5.16 Å². The van der Waals surface area contributed by atoms with Crippen LogP contribution >= 0.6 is 35.8 Å². The predicted octanol–water partition coefficient (Wildman–Crippen LogP) is 4.39. The van der Waals surface area contributed by atoms with Crippen molar-refractivity contribution in [3.63, 3.8) is 0 Å². The van der Waals surface area contributed by atoms with E-state index >= 15 is 0 Å². The quantitative estimate of drug-likeness (QED) is 0.822. The molecule has 0 bridgehead atoms. The van der Waals surface area contributed by atoms with Crippen LogP contribution in [0.1, 0.15) is 11.3 Å². The first-order chi connectivity index (χ1) is 7.65. The second-order valence-corrected chi connectivity index (χ2v) is 4.45. The molecule has 0 unspecified atom stereocenters. The molecule has 0 spiro atoms. The molecule has 0 aliphatic rings. The van der Waals surface area contributed by atoms with Crippen molar-refractivity contribution in [1.29, 1.82) is 0 Å². The van der Waals surface area contributed by atoms with E-state index in [2.05, 4.69) is 17.8 Å². The molecule has 2 rings (SSSR count). The second-order valence-electron chi connectivity index (χ2n) is 3.32. The van der Waals surface area contributed by atoms with Crippen LogP contribution in [0.15, 0.2) is 22.7 Å². The summed E-state index contributed by atoms with van der Waals surface area (Å²) in [6.45, 7) is 1.84. The summed E-state index contributed by atoms with van der Waals surface area (Å²) in [6, 6.07) is 5.34. The molecule has 0 amide bonds. The summed E-state index contributed by atoms with van der Waals surface area (Å²) in [6.07, 6.45) is 0. The maximum absolute atomic E-state index is 6.11. The van der Waals surface area contributed by atoms with E-state index in [1.807, 2.05) is 6.92 Å². The molecule has 2 nitrogen and oxygen atoms in total. The van der Waals surface area contributed by atoms with E-state index in [9.17, 15) is 0 Å². The Morgan fingerprint density at radius 1 is 1.31 bits per heavy atom. The minimum Gasteiger partial charge on any atom is -0.361 e. The smallest absolute Gasteiger partial charge is 0.138 e. The zero-order valence-corrected chi connectivity index (χ0v) is 10.9. The van der Waals surface area contributed by atoms with Gasteiger partial charge < -0.3 is 4.52 Å². The molecule has 2 aromatic rings. The molecule has 1 aromatic carbocycles. The molecule has 0 aliphatic carbocycles. The number of benzene rings is 1.